The molecule has 0 bridgehead atoms. The van der Waals surface area contributed by atoms with E-state index in [1.54, 1.807) is 6.07 Å². The Labute approximate surface area is 95.6 Å². The zero-order valence-corrected chi connectivity index (χ0v) is 9.58. The molecule has 0 radical (unpaired) electrons. The first-order valence-corrected chi connectivity index (χ1v) is 5.80. The van der Waals surface area contributed by atoms with Crippen LogP contribution in [0.3, 0.4) is 0 Å². The van der Waals surface area contributed by atoms with Gasteiger partial charge in [0.05, 0.1) is 7.11 Å². The summed E-state index contributed by atoms with van der Waals surface area (Å²) in [6.07, 6.45) is 4.05. The third kappa shape index (κ3) is 2.19. The van der Waals surface area contributed by atoms with Crippen LogP contribution < -0.4 is 10.5 Å². The van der Waals surface area contributed by atoms with Crippen LogP contribution in [0.4, 0.5) is 4.39 Å². The molecule has 1 aliphatic rings. The third-order valence-electron chi connectivity index (χ3n) is 3.37. The lowest BCUT2D eigenvalue weighted by atomic mass is 9.81. The fourth-order valence-corrected chi connectivity index (χ4v) is 2.51. The fourth-order valence-electron chi connectivity index (χ4n) is 2.51. The first-order chi connectivity index (χ1) is 7.72. The lowest BCUT2D eigenvalue weighted by Crippen LogP contribution is -2.27. The number of hydrogen-bond acceptors (Lipinski definition) is 2. The summed E-state index contributed by atoms with van der Waals surface area (Å²) in [6, 6.07) is 5.56. The summed E-state index contributed by atoms with van der Waals surface area (Å²) in [6.45, 7) is 0. The van der Waals surface area contributed by atoms with E-state index in [1.165, 1.54) is 7.11 Å². The SMILES string of the molecule is COc1cccc(C2CCCC(N)C2)c1F. The van der Waals surface area contributed by atoms with Crippen molar-refractivity contribution in [2.24, 2.45) is 5.73 Å². The van der Waals surface area contributed by atoms with E-state index in [1.807, 2.05) is 12.1 Å². The van der Waals surface area contributed by atoms with E-state index >= 15 is 0 Å². The number of rotatable bonds is 2. The molecule has 2 N–H and O–H groups in total. The Kier molecular flexibility index (Phi) is 3.44. The molecule has 1 aliphatic carbocycles. The lowest BCUT2D eigenvalue weighted by molar-refractivity contribution is 0.362. The van der Waals surface area contributed by atoms with E-state index in [-0.39, 0.29) is 17.8 Å². The highest BCUT2D eigenvalue weighted by Gasteiger charge is 2.24. The molecule has 16 heavy (non-hydrogen) atoms. The summed E-state index contributed by atoms with van der Waals surface area (Å²) in [5.41, 5.74) is 6.69. The number of benzene rings is 1. The molecule has 2 nitrogen and oxygen atoms in total. The highest BCUT2D eigenvalue weighted by atomic mass is 19.1. The molecule has 0 aliphatic heterocycles. The van der Waals surface area contributed by atoms with Crippen molar-refractivity contribution in [3.63, 3.8) is 0 Å². The van der Waals surface area contributed by atoms with Gasteiger partial charge in [0.1, 0.15) is 0 Å². The van der Waals surface area contributed by atoms with Crippen LogP contribution in [0.5, 0.6) is 5.75 Å². The quantitative estimate of drug-likeness (QED) is 0.836. The van der Waals surface area contributed by atoms with E-state index in [2.05, 4.69) is 0 Å². The average molecular weight is 223 g/mol. The minimum Gasteiger partial charge on any atom is -0.494 e. The number of methoxy groups -OCH3 is 1. The summed E-state index contributed by atoms with van der Waals surface area (Å²) in [4.78, 5) is 0. The first-order valence-electron chi connectivity index (χ1n) is 5.80. The normalized spacial score (nSPS) is 25.4. The molecule has 0 saturated heterocycles. The van der Waals surface area contributed by atoms with Gasteiger partial charge in [-0.1, -0.05) is 18.6 Å². The van der Waals surface area contributed by atoms with Crippen molar-refractivity contribution in [2.75, 3.05) is 7.11 Å². The highest BCUT2D eigenvalue weighted by Crippen LogP contribution is 2.35. The fraction of sp³-hybridized carbons (Fsp3) is 0.538. The Balaban J connectivity index is 2.25. The van der Waals surface area contributed by atoms with E-state index in [0.717, 1.165) is 31.2 Å². The van der Waals surface area contributed by atoms with Gasteiger partial charge in [-0.15, -0.1) is 0 Å². The minimum atomic E-state index is -0.218. The molecule has 3 heteroatoms. The maximum absolute atomic E-state index is 14.0. The summed E-state index contributed by atoms with van der Waals surface area (Å²) in [5.74, 6) is 0.361. The van der Waals surface area contributed by atoms with Gasteiger partial charge in [-0.25, -0.2) is 4.39 Å². The Morgan fingerprint density at radius 2 is 2.19 bits per heavy atom. The molecule has 2 unspecified atom stereocenters. The molecule has 2 atom stereocenters. The molecule has 1 aromatic carbocycles. The molecule has 0 amide bonds. The van der Waals surface area contributed by atoms with Gasteiger partial charge in [-0.05, 0) is 36.8 Å². The van der Waals surface area contributed by atoms with Crippen molar-refractivity contribution in [3.8, 4) is 5.75 Å². The molecule has 0 heterocycles. The number of hydrogen-bond donors (Lipinski definition) is 1. The second kappa shape index (κ2) is 4.83. The minimum absolute atomic E-state index is 0.212. The van der Waals surface area contributed by atoms with Crippen LogP contribution in [0.2, 0.25) is 0 Å². The van der Waals surface area contributed by atoms with E-state index in [4.69, 9.17) is 10.5 Å². The van der Waals surface area contributed by atoms with Gasteiger partial charge in [-0.3, -0.25) is 0 Å². The standard InChI is InChI=1S/C13H18FNO/c1-16-12-7-3-6-11(13(12)14)9-4-2-5-10(15)8-9/h3,6-7,9-10H,2,4-5,8,15H2,1H3. The average Bonchev–Trinajstić information content (AvgIpc) is 2.29. The van der Waals surface area contributed by atoms with Gasteiger partial charge < -0.3 is 10.5 Å². The summed E-state index contributed by atoms with van der Waals surface area (Å²) < 4.78 is 19.0. The molecule has 1 fully saturated rings. The zero-order valence-electron chi connectivity index (χ0n) is 9.58. The van der Waals surface area contributed by atoms with Gasteiger partial charge in [0, 0.05) is 6.04 Å². The second-order valence-corrected chi connectivity index (χ2v) is 4.49. The van der Waals surface area contributed by atoms with Crippen LogP contribution >= 0.6 is 0 Å². The van der Waals surface area contributed by atoms with Crippen LogP contribution in [0.15, 0.2) is 18.2 Å². The lowest BCUT2D eigenvalue weighted by Gasteiger charge is -2.27. The van der Waals surface area contributed by atoms with Gasteiger partial charge in [0.15, 0.2) is 11.6 Å². The predicted molar refractivity (Wildman–Crippen MR) is 62.1 cm³/mol. The summed E-state index contributed by atoms with van der Waals surface area (Å²) in [5, 5.41) is 0. The Morgan fingerprint density at radius 1 is 1.38 bits per heavy atom. The van der Waals surface area contributed by atoms with Crippen LogP contribution in [-0.4, -0.2) is 13.2 Å². The second-order valence-electron chi connectivity index (χ2n) is 4.49. The van der Waals surface area contributed by atoms with Gasteiger partial charge in [0.25, 0.3) is 0 Å². The topological polar surface area (TPSA) is 35.2 Å². The van der Waals surface area contributed by atoms with Gasteiger partial charge in [0.2, 0.25) is 0 Å². The Morgan fingerprint density at radius 3 is 2.88 bits per heavy atom. The molecular formula is C13H18FNO. The number of nitrogens with two attached hydrogens (primary N) is 1. The van der Waals surface area contributed by atoms with E-state index in [0.29, 0.717) is 5.75 Å². The van der Waals surface area contributed by atoms with Gasteiger partial charge in [-0.2, -0.15) is 0 Å². The monoisotopic (exact) mass is 223 g/mol. The maximum atomic E-state index is 14.0. The highest BCUT2D eigenvalue weighted by molar-refractivity contribution is 5.33. The van der Waals surface area contributed by atoms with Crippen LogP contribution in [0, 0.1) is 5.82 Å². The molecule has 0 spiro atoms. The van der Waals surface area contributed by atoms with E-state index in [9.17, 15) is 4.39 Å². The predicted octanol–water partition coefficient (Wildman–Crippen LogP) is 2.82. The Bertz CT molecular complexity index is 367. The van der Waals surface area contributed by atoms with Crippen molar-refractivity contribution in [3.05, 3.63) is 29.6 Å². The largest absolute Gasteiger partial charge is 0.494 e. The maximum Gasteiger partial charge on any atom is 0.168 e. The Hall–Kier alpha value is -1.09. The van der Waals surface area contributed by atoms with Crippen molar-refractivity contribution in [2.45, 2.75) is 37.6 Å². The van der Waals surface area contributed by atoms with Crippen LogP contribution in [0.25, 0.3) is 0 Å². The van der Waals surface area contributed by atoms with E-state index < -0.39 is 0 Å². The summed E-state index contributed by atoms with van der Waals surface area (Å²) >= 11 is 0. The zero-order chi connectivity index (χ0) is 11.5. The van der Waals surface area contributed by atoms with Gasteiger partial charge >= 0.3 is 0 Å². The van der Waals surface area contributed by atoms with Crippen molar-refractivity contribution in [1.82, 2.24) is 0 Å². The molecular weight excluding hydrogens is 205 g/mol. The smallest absolute Gasteiger partial charge is 0.168 e. The molecule has 1 saturated carbocycles. The summed E-state index contributed by atoms with van der Waals surface area (Å²) in [7, 11) is 1.49. The van der Waals surface area contributed by atoms with Crippen molar-refractivity contribution >= 4 is 0 Å². The third-order valence-corrected chi connectivity index (χ3v) is 3.37. The number of halogens is 1. The molecule has 2 rings (SSSR count). The van der Waals surface area contributed by atoms with Crippen molar-refractivity contribution in [1.29, 1.82) is 0 Å². The van der Waals surface area contributed by atoms with Crippen LogP contribution in [0.1, 0.15) is 37.2 Å². The number of ether oxygens (including phenoxy) is 1. The molecule has 1 aromatic rings. The molecule has 0 aromatic heterocycles. The first kappa shape index (κ1) is 11.4. The molecule has 88 valence electrons. The van der Waals surface area contributed by atoms with Crippen molar-refractivity contribution < 1.29 is 9.13 Å². The van der Waals surface area contributed by atoms with Crippen LogP contribution in [-0.2, 0) is 0 Å².